The van der Waals surface area contributed by atoms with E-state index in [1.807, 2.05) is 0 Å². The van der Waals surface area contributed by atoms with Gasteiger partial charge < -0.3 is 0 Å². The van der Waals surface area contributed by atoms with Crippen molar-refractivity contribution in [3.05, 3.63) is 34.9 Å². The van der Waals surface area contributed by atoms with Crippen LogP contribution in [0.25, 0.3) is 16.9 Å². The van der Waals surface area contributed by atoms with Gasteiger partial charge in [-0.2, -0.15) is 23.4 Å². The number of hydrogen-bond donors (Lipinski definition) is 0. The Morgan fingerprint density at radius 2 is 1.90 bits per heavy atom. The smallest absolute Gasteiger partial charge is 0.272 e. The molecule has 3 heterocycles. The van der Waals surface area contributed by atoms with Crippen molar-refractivity contribution in [2.24, 2.45) is 7.05 Å². The summed E-state index contributed by atoms with van der Waals surface area (Å²) in [5.74, 6) is 0. The maximum Gasteiger partial charge on any atom is 0.433 e. The monoisotopic (exact) mass is 315 g/mol. The third-order valence-corrected chi connectivity index (χ3v) is 3.50. The molecule has 0 atom stereocenters. The van der Waals surface area contributed by atoms with Crippen LogP contribution in [0.2, 0.25) is 5.02 Å². The van der Waals surface area contributed by atoms with Gasteiger partial charge in [0.2, 0.25) is 0 Å². The first-order chi connectivity index (χ1) is 9.79. The molecule has 3 rings (SSSR count). The lowest BCUT2D eigenvalue weighted by molar-refractivity contribution is -0.142. The van der Waals surface area contributed by atoms with Crippen LogP contribution in [0.15, 0.2) is 18.5 Å². The van der Waals surface area contributed by atoms with Crippen LogP contribution in [0.4, 0.5) is 13.2 Å². The third-order valence-electron chi connectivity index (χ3n) is 3.23. The second-order valence-electron chi connectivity index (χ2n) is 4.52. The van der Waals surface area contributed by atoms with Gasteiger partial charge in [-0.15, -0.1) is 0 Å². The lowest BCUT2D eigenvalue weighted by Crippen LogP contribution is -2.13. The summed E-state index contributed by atoms with van der Waals surface area (Å²) in [4.78, 5) is 4.17. The third kappa shape index (κ3) is 2.15. The van der Waals surface area contributed by atoms with E-state index in [9.17, 15) is 13.2 Å². The van der Waals surface area contributed by atoms with Crippen LogP contribution in [0, 0.1) is 6.92 Å². The second kappa shape index (κ2) is 4.45. The van der Waals surface area contributed by atoms with E-state index in [-0.39, 0.29) is 16.4 Å². The fourth-order valence-electron chi connectivity index (χ4n) is 2.03. The van der Waals surface area contributed by atoms with Crippen molar-refractivity contribution in [2.45, 2.75) is 13.1 Å². The van der Waals surface area contributed by atoms with E-state index >= 15 is 0 Å². The number of nitrogens with zero attached hydrogens (tertiary/aromatic N) is 5. The number of alkyl halides is 3. The number of aromatic nitrogens is 5. The zero-order chi connectivity index (χ0) is 15.4. The molecule has 5 nitrogen and oxygen atoms in total. The Morgan fingerprint density at radius 3 is 2.48 bits per heavy atom. The number of fused-ring (bicyclic) bond motifs is 1. The highest BCUT2D eigenvalue weighted by Crippen LogP contribution is 2.33. The van der Waals surface area contributed by atoms with Crippen LogP contribution in [0.3, 0.4) is 0 Å². The minimum atomic E-state index is -4.57. The van der Waals surface area contributed by atoms with Gasteiger partial charge in [0.1, 0.15) is 5.02 Å². The van der Waals surface area contributed by atoms with Gasteiger partial charge in [-0.1, -0.05) is 11.6 Å². The molecular weight excluding hydrogens is 307 g/mol. The minimum absolute atomic E-state index is 0.0373. The zero-order valence-electron chi connectivity index (χ0n) is 11.0. The Morgan fingerprint density at radius 1 is 1.19 bits per heavy atom. The Hall–Kier alpha value is -2.09. The van der Waals surface area contributed by atoms with Crippen molar-refractivity contribution < 1.29 is 13.2 Å². The molecule has 3 aromatic heterocycles. The Bertz CT molecular complexity index is 833. The molecule has 0 saturated heterocycles. The number of rotatable bonds is 1. The molecule has 0 bridgehead atoms. The van der Waals surface area contributed by atoms with Gasteiger partial charge in [-0.3, -0.25) is 4.68 Å². The highest BCUT2D eigenvalue weighted by Gasteiger charge is 2.35. The van der Waals surface area contributed by atoms with Crippen LogP contribution >= 0.6 is 11.6 Å². The SMILES string of the molecule is Cc1c(-c2cc(C(F)(F)F)n3ncc(Cl)c3n2)cnn1C. The van der Waals surface area contributed by atoms with Gasteiger partial charge in [-0.05, 0) is 13.0 Å². The predicted molar refractivity (Wildman–Crippen MR) is 69.9 cm³/mol. The summed E-state index contributed by atoms with van der Waals surface area (Å²) in [6.45, 7) is 1.75. The van der Waals surface area contributed by atoms with E-state index in [2.05, 4.69) is 15.2 Å². The van der Waals surface area contributed by atoms with Crippen molar-refractivity contribution in [1.29, 1.82) is 0 Å². The van der Waals surface area contributed by atoms with E-state index in [4.69, 9.17) is 11.6 Å². The molecule has 0 aliphatic heterocycles. The number of aryl methyl sites for hydroxylation is 1. The largest absolute Gasteiger partial charge is 0.433 e. The molecule has 0 amide bonds. The van der Waals surface area contributed by atoms with Crippen LogP contribution in [-0.4, -0.2) is 24.4 Å². The molecule has 0 N–H and O–H groups in total. The van der Waals surface area contributed by atoms with Crippen LogP contribution < -0.4 is 0 Å². The molecule has 0 aliphatic carbocycles. The molecule has 9 heteroatoms. The van der Waals surface area contributed by atoms with Gasteiger partial charge in [0, 0.05) is 18.3 Å². The molecule has 110 valence electrons. The zero-order valence-corrected chi connectivity index (χ0v) is 11.7. The topological polar surface area (TPSA) is 48.0 Å². The van der Waals surface area contributed by atoms with Gasteiger partial charge in [-0.25, -0.2) is 9.50 Å². The van der Waals surface area contributed by atoms with Crippen molar-refractivity contribution in [3.8, 4) is 11.3 Å². The van der Waals surface area contributed by atoms with Crippen LogP contribution in [0.1, 0.15) is 11.4 Å². The van der Waals surface area contributed by atoms with E-state index in [1.165, 1.54) is 6.20 Å². The Balaban J connectivity index is 2.35. The average molecular weight is 316 g/mol. The molecule has 0 fully saturated rings. The van der Waals surface area contributed by atoms with Gasteiger partial charge in [0.15, 0.2) is 11.3 Å². The molecule has 21 heavy (non-hydrogen) atoms. The predicted octanol–water partition coefficient (Wildman–Crippen LogP) is 3.11. The van der Waals surface area contributed by atoms with Crippen LogP contribution in [-0.2, 0) is 13.2 Å². The van der Waals surface area contributed by atoms with Crippen molar-refractivity contribution >= 4 is 17.2 Å². The van der Waals surface area contributed by atoms with Crippen LogP contribution in [0.5, 0.6) is 0 Å². The summed E-state index contributed by atoms with van der Waals surface area (Å²) in [6, 6.07) is 0.945. The average Bonchev–Trinajstić information content (AvgIpc) is 2.93. The highest BCUT2D eigenvalue weighted by atomic mass is 35.5. The summed E-state index contributed by atoms with van der Waals surface area (Å²) >= 11 is 5.87. The molecule has 0 aliphatic rings. The van der Waals surface area contributed by atoms with Gasteiger partial charge >= 0.3 is 6.18 Å². The summed E-state index contributed by atoms with van der Waals surface area (Å²) in [5.41, 5.74) is 0.406. The Kier molecular flexibility index (Phi) is 2.94. The summed E-state index contributed by atoms with van der Waals surface area (Å²) in [6.07, 6.45) is -1.96. The molecule has 0 spiro atoms. The quantitative estimate of drug-likeness (QED) is 0.693. The Labute approximate surface area is 122 Å². The molecule has 0 aromatic carbocycles. The molecule has 0 radical (unpaired) electrons. The van der Waals surface area contributed by atoms with E-state index < -0.39 is 11.9 Å². The van der Waals surface area contributed by atoms with E-state index in [0.717, 1.165) is 12.3 Å². The summed E-state index contributed by atoms with van der Waals surface area (Å²) < 4.78 is 41.8. The van der Waals surface area contributed by atoms with E-state index in [1.54, 1.807) is 18.7 Å². The molecular formula is C12H9ClF3N5. The summed E-state index contributed by atoms with van der Waals surface area (Å²) in [7, 11) is 1.70. The first kappa shape index (κ1) is 13.9. The molecule has 0 saturated carbocycles. The lowest BCUT2D eigenvalue weighted by Gasteiger charge is -2.10. The van der Waals surface area contributed by atoms with Gasteiger partial charge in [0.25, 0.3) is 0 Å². The minimum Gasteiger partial charge on any atom is -0.272 e. The van der Waals surface area contributed by atoms with Crippen molar-refractivity contribution in [2.75, 3.05) is 0 Å². The number of hydrogen-bond acceptors (Lipinski definition) is 3. The fourth-order valence-corrected chi connectivity index (χ4v) is 2.19. The normalized spacial score (nSPS) is 12.3. The second-order valence-corrected chi connectivity index (χ2v) is 4.93. The first-order valence-electron chi connectivity index (χ1n) is 5.89. The van der Waals surface area contributed by atoms with Crippen molar-refractivity contribution in [1.82, 2.24) is 24.4 Å². The molecule has 3 aromatic rings. The first-order valence-corrected chi connectivity index (χ1v) is 6.27. The fraction of sp³-hybridized carbons (Fsp3) is 0.250. The van der Waals surface area contributed by atoms with Crippen molar-refractivity contribution in [3.63, 3.8) is 0 Å². The summed E-state index contributed by atoms with van der Waals surface area (Å²) in [5, 5.41) is 7.70. The number of halogens is 4. The standard InChI is InChI=1S/C12H9ClF3N5/c1-6-7(4-17-20(6)2)9-3-10(12(14,15)16)21-11(19-9)8(13)5-18-21/h3-5H,1-2H3. The maximum absolute atomic E-state index is 13.2. The highest BCUT2D eigenvalue weighted by molar-refractivity contribution is 6.33. The van der Waals surface area contributed by atoms with Gasteiger partial charge in [0.05, 0.1) is 18.1 Å². The van der Waals surface area contributed by atoms with E-state index in [0.29, 0.717) is 15.8 Å². The maximum atomic E-state index is 13.2. The lowest BCUT2D eigenvalue weighted by atomic mass is 10.1. The molecule has 0 unspecified atom stereocenters.